The Bertz CT molecular complexity index is 1070. The molecule has 8 heteroatoms. The second-order valence-corrected chi connectivity index (χ2v) is 8.65. The highest BCUT2D eigenvalue weighted by atomic mass is 32.1. The molecule has 3 aromatic rings. The number of pyridine rings is 1. The SMILES string of the molecule is O=C(NCc1cc2cnccc2s1)C1CCc2ncc(NCC3CC3)c(=O)n21. The molecular weight excluding hydrogens is 374 g/mol. The van der Waals surface area contributed by atoms with Crippen LogP contribution >= 0.6 is 11.3 Å². The summed E-state index contributed by atoms with van der Waals surface area (Å²) in [6.45, 7) is 1.25. The summed E-state index contributed by atoms with van der Waals surface area (Å²) in [5.74, 6) is 1.22. The molecule has 1 aliphatic heterocycles. The third-order valence-corrected chi connectivity index (χ3v) is 6.52. The van der Waals surface area contributed by atoms with Gasteiger partial charge >= 0.3 is 0 Å². The highest BCUT2D eigenvalue weighted by Gasteiger charge is 2.31. The van der Waals surface area contributed by atoms with Crippen LogP contribution in [0, 0.1) is 5.92 Å². The summed E-state index contributed by atoms with van der Waals surface area (Å²) < 4.78 is 2.72. The van der Waals surface area contributed by atoms with Gasteiger partial charge in [-0.15, -0.1) is 11.3 Å². The van der Waals surface area contributed by atoms with E-state index in [0.717, 1.165) is 21.5 Å². The minimum Gasteiger partial charge on any atom is -0.379 e. The monoisotopic (exact) mass is 395 g/mol. The van der Waals surface area contributed by atoms with Crippen LogP contribution < -0.4 is 16.2 Å². The Kier molecular flexibility index (Phi) is 4.35. The maximum absolute atomic E-state index is 12.9. The molecule has 0 saturated heterocycles. The number of aromatic nitrogens is 3. The number of anilines is 1. The van der Waals surface area contributed by atoms with Crippen LogP contribution in [-0.4, -0.2) is 27.0 Å². The van der Waals surface area contributed by atoms with Crippen LogP contribution in [0.5, 0.6) is 0 Å². The first-order chi connectivity index (χ1) is 13.7. The molecule has 5 rings (SSSR count). The number of amides is 1. The van der Waals surface area contributed by atoms with Crippen LogP contribution in [0.3, 0.4) is 0 Å². The molecule has 1 aliphatic carbocycles. The number of rotatable bonds is 6. The standard InChI is InChI=1S/C20H21N5O2S/c26-19(24-10-14-7-13-9-21-6-5-17(13)28-14)16-3-4-18-23-11-15(20(27)25(16)18)22-8-12-1-2-12/h5-7,9,11-12,16,22H,1-4,8,10H2,(H,24,26). The number of nitrogens with zero attached hydrogens (tertiary/aromatic N) is 3. The molecule has 0 bridgehead atoms. The lowest BCUT2D eigenvalue weighted by molar-refractivity contribution is -0.124. The van der Waals surface area contributed by atoms with Gasteiger partial charge < -0.3 is 10.6 Å². The van der Waals surface area contributed by atoms with E-state index in [0.29, 0.717) is 36.8 Å². The minimum absolute atomic E-state index is 0.127. The number of hydrogen-bond acceptors (Lipinski definition) is 6. The van der Waals surface area contributed by atoms with Gasteiger partial charge in [-0.3, -0.25) is 19.1 Å². The van der Waals surface area contributed by atoms with Crippen molar-refractivity contribution < 1.29 is 4.79 Å². The number of carbonyl (C=O) groups is 1. The molecule has 3 aromatic heterocycles. The number of nitrogens with one attached hydrogen (secondary N) is 2. The van der Waals surface area contributed by atoms with Crippen molar-refractivity contribution in [3.05, 3.63) is 51.8 Å². The summed E-state index contributed by atoms with van der Waals surface area (Å²) in [6, 6.07) is 3.53. The van der Waals surface area contributed by atoms with Gasteiger partial charge in [-0.05, 0) is 37.3 Å². The van der Waals surface area contributed by atoms with Gasteiger partial charge in [-0.25, -0.2) is 4.98 Å². The van der Waals surface area contributed by atoms with E-state index in [4.69, 9.17) is 0 Å². The van der Waals surface area contributed by atoms with Crippen molar-refractivity contribution in [2.75, 3.05) is 11.9 Å². The summed E-state index contributed by atoms with van der Waals surface area (Å²) in [4.78, 5) is 35.3. The van der Waals surface area contributed by atoms with Crippen LogP contribution in [-0.2, 0) is 17.8 Å². The molecular formula is C20H21N5O2S. The molecule has 7 nitrogen and oxygen atoms in total. The Morgan fingerprint density at radius 1 is 1.29 bits per heavy atom. The predicted molar refractivity (Wildman–Crippen MR) is 109 cm³/mol. The molecule has 1 unspecified atom stereocenters. The average molecular weight is 395 g/mol. The lowest BCUT2D eigenvalue weighted by atomic mass is 10.2. The van der Waals surface area contributed by atoms with Crippen molar-refractivity contribution in [2.24, 2.45) is 5.92 Å². The van der Waals surface area contributed by atoms with E-state index in [1.165, 1.54) is 12.8 Å². The number of hydrogen-bond donors (Lipinski definition) is 2. The second kappa shape index (κ2) is 7.01. The summed E-state index contributed by atoms with van der Waals surface area (Å²) in [5, 5.41) is 7.28. The third kappa shape index (κ3) is 3.28. The predicted octanol–water partition coefficient (Wildman–Crippen LogP) is 2.48. The molecule has 28 heavy (non-hydrogen) atoms. The highest BCUT2D eigenvalue weighted by molar-refractivity contribution is 7.19. The molecule has 1 amide bonds. The zero-order valence-corrected chi connectivity index (χ0v) is 16.2. The van der Waals surface area contributed by atoms with Crippen molar-refractivity contribution in [3.63, 3.8) is 0 Å². The quantitative estimate of drug-likeness (QED) is 0.669. The lowest BCUT2D eigenvalue weighted by Gasteiger charge is -2.15. The van der Waals surface area contributed by atoms with Crippen LogP contribution in [0.2, 0.25) is 0 Å². The van der Waals surface area contributed by atoms with Crippen LogP contribution in [0.1, 0.15) is 36.0 Å². The number of fused-ring (bicyclic) bond motifs is 2. The maximum Gasteiger partial charge on any atom is 0.277 e. The Balaban J connectivity index is 1.31. The van der Waals surface area contributed by atoms with Gasteiger partial charge in [-0.2, -0.15) is 0 Å². The molecule has 4 heterocycles. The Morgan fingerprint density at radius 2 is 2.18 bits per heavy atom. The van der Waals surface area contributed by atoms with Crippen molar-refractivity contribution in [3.8, 4) is 0 Å². The minimum atomic E-state index is -0.492. The van der Waals surface area contributed by atoms with Gasteiger partial charge in [0, 0.05) is 40.3 Å². The van der Waals surface area contributed by atoms with E-state index < -0.39 is 6.04 Å². The fourth-order valence-electron chi connectivity index (χ4n) is 3.67. The second-order valence-electron chi connectivity index (χ2n) is 7.49. The zero-order chi connectivity index (χ0) is 19.1. The van der Waals surface area contributed by atoms with E-state index in [2.05, 4.69) is 20.6 Å². The molecule has 2 N–H and O–H groups in total. The number of carbonyl (C=O) groups excluding carboxylic acids is 1. The third-order valence-electron chi connectivity index (χ3n) is 5.41. The van der Waals surface area contributed by atoms with Gasteiger partial charge in [0.05, 0.1) is 12.7 Å². The summed E-state index contributed by atoms with van der Waals surface area (Å²) in [7, 11) is 0. The number of aryl methyl sites for hydroxylation is 1. The van der Waals surface area contributed by atoms with E-state index >= 15 is 0 Å². The summed E-state index contributed by atoms with van der Waals surface area (Å²) in [5.41, 5.74) is 0.351. The van der Waals surface area contributed by atoms with Gasteiger partial charge in [0.25, 0.3) is 5.56 Å². The first-order valence-electron chi connectivity index (χ1n) is 9.63. The molecule has 2 aliphatic rings. The highest BCUT2D eigenvalue weighted by Crippen LogP contribution is 2.29. The van der Waals surface area contributed by atoms with Gasteiger partial charge in [0.2, 0.25) is 5.91 Å². The molecule has 1 saturated carbocycles. The maximum atomic E-state index is 12.9. The molecule has 0 aromatic carbocycles. The molecule has 1 atom stereocenters. The Morgan fingerprint density at radius 3 is 3.00 bits per heavy atom. The van der Waals surface area contributed by atoms with E-state index in [1.54, 1.807) is 28.3 Å². The molecule has 1 fully saturated rings. The van der Waals surface area contributed by atoms with Crippen LogP contribution in [0.15, 0.2) is 35.5 Å². The Hall–Kier alpha value is -2.74. The van der Waals surface area contributed by atoms with E-state index in [-0.39, 0.29) is 11.5 Å². The summed E-state index contributed by atoms with van der Waals surface area (Å²) in [6.07, 6.45) is 8.89. The fourth-order valence-corrected chi connectivity index (χ4v) is 4.64. The fraction of sp³-hybridized carbons (Fsp3) is 0.400. The Labute approximate surface area is 165 Å². The molecule has 0 spiro atoms. The van der Waals surface area contributed by atoms with Crippen molar-refractivity contribution >= 4 is 33.0 Å². The number of thiophene rings is 1. The normalized spacial score (nSPS) is 18.2. The van der Waals surface area contributed by atoms with E-state index in [1.807, 2.05) is 18.3 Å². The lowest BCUT2D eigenvalue weighted by Crippen LogP contribution is -2.36. The van der Waals surface area contributed by atoms with Crippen molar-refractivity contribution in [2.45, 2.75) is 38.3 Å². The zero-order valence-electron chi connectivity index (χ0n) is 15.4. The van der Waals surface area contributed by atoms with Gasteiger partial charge in [0.1, 0.15) is 17.6 Å². The summed E-state index contributed by atoms with van der Waals surface area (Å²) >= 11 is 1.64. The molecule has 144 valence electrons. The van der Waals surface area contributed by atoms with Gasteiger partial charge in [0.15, 0.2) is 0 Å². The first kappa shape index (κ1) is 17.4. The van der Waals surface area contributed by atoms with E-state index in [9.17, 15) is 9.59 Å². The smallest absolute Gasteiger partial charge is 0.277 e. The van der Waals surface area contributed by atoms with Crippen LogP contribution in [0.4, 0.5) is 5.69 Å². The van der Waals surface area contributed by atoms with Crippen LogP contribution in [0.25, 0.3) is 10.1 Å². The molecule has 0 radical (unpaired) electrons. The van der Waals surface area contributed by atoms with Gasteiger partial charge in [-0.1, -0.05) is 0 Å². The average Bonchev–Trinajstić information content (AvgIpc) is 3.27. The van der Waals surface area contributed by atoms with Crippen molar-refractivity contribution in [1.29, 1.82) is 0 Å². The van der Waals surface area contributed by atoms with Crippen molar-refractivity contribution in [1.82, 2.24) is 19.9 Å². The largest absolute Gasteiger partial charge is 0.379 e. The topological polar surface area (TPSA) is 88.9 Å². The first-order valence-corrected chi connectivity index (χ1v) is 10.4.